The minimum Gasteiger partial charge on any atom is -0.229 e. The molecule has 4 aromatic rings. The molecule has 208 valence electrons. The number of aromatic nitrogens is 7. The fourth-order valence-corrected chi connectivity index (χ4v) is 7.37. The summed E-state index contributed by atoms with van der Waals surface area (Å²) in [4.78, 5) is 13.6. The van der Waals surface area contributed by atoms with Gasteiger partial charge in [-0.2, -0.15) is 9.78 Å². The van der Waals surface area contributed by atoms with E-state index in [2.05, 4.69) is 39.1 Å². The van der Waals surface area contributed by atoms with Crippen molar-refractivity contribution in [1.82, 2.24) is 34.9 Å². The van der Waals surface area contributed by atoms with Crippen molar-refractivity contribution in [1.29, 1.82) is 0 Å². The van der Waals surface area contributed by atoms with Crippen LogP contribution >= 0.6 is 0 Å². The van der Waals surface area contributed by atoms with E-state index in [0.717, 1.165) is 29.8 Å². The zero-order chi connectivity index (χ0) is 28.4. The Kier molecular flexibility index (Phi) is 6.10. The van der Waals surface area contributed by atoms with Gasteiger partial charge in [0, 0.05) is 12.6 Å². The molecule has 1 aromatic carbocycles. The lowest BCUT2D eigenvalue weighted by molar-refractivity contribution is 0.242. The summed E-state index contributed by atoms with van der Waals surface area (Å²) in [5.41, 5.74) is 1.54. The number of hydrogen-bond acceptors (Lipinski definition) is 8. The van der Waals surface area contributed by atoms with Crippen molar-refractivity contribution in [3.63, 3.8) is 0 Å². The minimum atomic E-state index is -3.22. The highest BCUT2D eigenvalue weighted by molar-refractivity contribution is 7.91. The molecule has 0 spiro atoms. The molecule has 1 saturated carbocycles. The summed E-state index contributed by atoms with van der Waals surface area (Å²) in [5, 5.41) is 12.8. The van der Waals surface area contributed by atoms with Gasteiger partial charge >= 0.3 is 0 Å². The zero-order valence-electron chi connectivity index (χ0n) is 22.6. The van der Waals surface area contributed by atoms with Gasteiger partial charge in [0.25, 0.3) is 5.95 Å². The molecule has 2 aliphatic carbocycles. The number of fused-ring (bicyclic) bond motifs is 5. The van der Waals surface area contributed by atoms with E-state index in [4.69, 9.17) is 4.98 Å². The third-order valence-corrected chi connectivity index (χ3v) is 11.0. The standard InChI is InChI=1S/C28H29F2N7O2S/c1-16(2)40(38,39)13-10-23-32-15-37(36-23)26-31-12-9-22(33-26)28-11-8-18(27(28,3)4)17-14-21(34-35-25(17)28)24-19(29)6-5-7-20(24)30/h5-7,9,12,14-16,18H,8,10-11,13H2,1-4H3/t18-,28+/m0/s1. The number of aryl methyl sites for hydroxylation is 1. The lowest BCUT2D eigenvalue weighted by Crippen LogP contribution is -2.38. The average Bonchev–Trinajstić information content (AvgIpc) is 3.55. The Morgan fingerprint density at radius 2 is 1.85 bits per heavy atom. The molecule has 12 heteroatoms. The van der Waals surface area contributed by atoms with Crippen molar-refractivity contribution in [2.45, 2.75) is 63.5 Å². The number of nitrogens with zero attached hydrogens (tertiary/aromatic N) is 7. The first kappa shape index (κ1) is 26.5. The summed E-state index contributed by atoms with van der Waals surface area (Å²) in [6.45, 7) is 7.64. The van der Waals surface area contributed by atoms with Crippen LogP contribution in [0, 0.1) is 17.0 Å². The summed E-state index contributed by atoms with van der Waals surface area (Å²) >= 11 is 0. The molecule has 2 aliphatic rings. The van der Waals surface area contributed by atoms with Gasteiger partial charge in [-0.15, -0.1) is 10.2 Å². The minimum absolute atomic E-state index is 0.0392. The molecule has 0 saturated heterocycles. The quantitative estimate of drug-likeness (QED) is 0.325. The smallest absolute Gasteiger partial charge is 0.229 e. The average molecular weight is 566 g/mol. The number of rotatable bonds is 7. The van der Waals surface area contributed by atoms with Crippen molar-refractivity contribution in [2.24, 2.45) is 5.41 Å². The van der Waals surface area contributed by atoms with Crippen LogP contribution in [0.5, 0.6) is 0 Å². The van der Waals surface area contributed by atoms with Crippen LogP contribution in [0.4, 0.5) is 8.78 Å². The van der Waals surface area contributed by atoms with Crippen LogP contribution in [0.2, 0.25) is 0 Å². The number of sulfone groups is 1. The van der Waals surface area contributed by atoms with Crippen LogP contribution in [0.1, 0.15) is 69.2 Å². The first-order chi connectivity index (χ1) is 19.0. The molecule has 3 aromatic heterocycles. The monoisotopic (exact) mass is 565 g/mol. The molecule has 9 nitrogen and oxygen atoms in total. The van der Waals surface area contributed by atoms with E-state index < -0.39 is 32.1 Å². The Labute approximate surface area is 231 Å². The van der Waals surface area contributed by atoms with E-state index in [1.807, 2.05) is 6.07 Å². The van der Waals surface area contributed by atoms with Gasteiger partial charge in [-0.3, -0.25) is 0 Å². The normalized spacial score (nSPS) is 21.2. The lowest BCUT2D eigenvalue weighted by Gasteiger charge is -2.37. The van der Waals surface area contributed by atoms with E-state index >= 15 is 0 Å². The van der Waals surface area contributed by atoms with E-state index in [-0.39, 0.29) is 34.8 Å². The largest absolute Gasteiger partial charge is 0.252 e. The molecular formula is C28H29F2N7O2S. The molecule has 2 atom stereocenters. The van der Waals surface area contributed by atoms with Crippen molar-refractivity contribution in [3.8, 4) is 17.2 Å². The third-order valence-electron chi connectivity index (χ3n) is 8.75. The molecule has 0 radical (unpaired) electrons. The van der Waals surface area contributed by atoms with Crippen LogP contribution in [0.3, 0.4) is 0 Å². The molecule has 0 amide bonds. The van der Waals surface area contributed by atoms with Gasteiger partial charge in [0.05, 0.1) is 39.1 Å². The van der Waals surface area contributed by atoms with Crippen molar-refractivity contribution in [3.05, 3.63) is 77.3 Å². The fraction of sp³-hybridized carbons (Fsp3) is 0.429. The highest BCUT2D eigenvalue weighted by Crippen LogP contribution is 2.69. The molecule has 6 rings (SSSR count). The third kappa shape index (κ3) is 3.87. The molecule has 0 N–H and O–H groups in total. The van der Waals surface area contributed by atoms with Crippen LogP contribution in [-0.2, 0) is 21.7 Å². The fourth-order valence-electron chi connectivity index (χ4n) is 6.43. The van der Waals surface area contributed by atoms with Gasteiger partial charge < -0.3 is 0 Å². The van der Waals surface area contributed by atoms with Crippen LogP contribution in [0.25, 0.3) is 17.2 Å². The highest BCUT2D eigenvalue weighted by Gasteiger charge is 2.65. The SMILES string of the molecule is CC(C)S(=O)(=O)CCc1ncn(-c2nccc([C@]34CC[C@@H](c5cc(-c6c(F)cccc6F)nnc53)C4(C)C)n2)n1. The Balaban J connectivity index is 1.37. The number of halogens is 2. The maximum absolute atomic E-state index is 14.5. The Hall–Kier alpha value is -3.67. The first-order valence-corrected chi connectivity index (χ1v) is 15.0. The van der Waals surface area contributed by atoms with E-state index in [0.29, 0.717) is 11.8 Å². The molecule has 1 fully saturated rings. The van der Waals surface area contributed by atoms with Crippen LogP contribution in [-0.4, -0.2) is 54.4 Å². The second-order valence-electron chi connectivity index (χ2n) is 11.4. The van der Waals surface area contributed by atoms with Crippen molar-refractivity contribution in [2.75, 3.05) is 5.75 Å². The van der Waals surface area contributed by atoms with Crippen molar-refractivity contribution < 1.29 is 17.2 Å². The topological polar surface area (TPSA) is 116 Å². The summed E-state index contributed by atoms with van der Waals surface area (Å²) in [6, 6.07) is 7.39. The second-order valence-corrected chi connectivity index (χ2v) is 14.0. The summed E-state index contributed by atoms with van der Waals surface area (Å²) in [6.07, 6.45) is 4.98. The maximum atomic E-state index is 14.5. The van der Waals surface area contributed by atoms with Gasteiger partial charge in [0.1, 0.15) is 18.0 Å². The lowest BCUT2D eigenvalue weighted by atomic mass is 9.66. The van der Waals surface area contributed by atoms with Gasteiger partial charge in [0.2, 0.25) is 0 Å². The summed E-state index contributed by atoms with van der Waals surface area (Å²) in [7, 11) is -3.22. The highest BCUT2D eigenvalue weighted by atomic mass is 32.2. The molecule has 0 aliphatic heterocycles. The van der Waals surface area contributed by atoms with Crippen LogP contribution < -0.4 is 0 Å². The second kappa shape index (κ2) is 9.18. The maximum Gasteiger partial charge on any atom is 0.252 e. The zero-order valence-corrected chi connectivity index (χ0v) is 23.5. The van der Waals surface area contributed by atoms with E-state index in [1.165, 1.54) is 29.2 Å². The van der Waals surface area contributed by atoms with Crippen LogP contribution in [0.15, 0.2) is 42.9 Å². The molecule has 3 heterocycles. The Bertz CT molecular complexity index is 1720. The Morgan fingerprint density at radius 1 is 1.10 bits per heavy atom. The summed E-state index contributed by atoms with van der Waals surface area (Å²) < 4.78 is 55.0. The van der Waals surface area contributed by atoms with Crippen molar-refractivity contribution >= 4 is 9.84 Å². The predicted octanol–water partition coefficient (Wildman–Crippen LogP) is 4.36. The predicted molar refractivity (Wildman–Crippen MR) is 143 cm³/mol. The first-order valence-electron chi connectivity index (χ1n) is 13.2. The van der Waals surface area contributed by atoms with E-state index in [1.54, 1.807) is 26.1 Å². The summed E-state index contributed by atoms with van der Waals surface area (Å²) in [5.74, 6) is -0.596. The van der Waals surface area contributed by atoms with Gasteiger partial charge in [-0.05, 0) is 67.9 Å². The van der Waals surface area contributed by atoms with Gasteiger partial charge in [-0.25, -0.2) is 32.2 Å². The van der Waals surface area contributed by atoms with E-state index in [9.17, 15) is 17.2 Å². The molecular weight excluding hydrogens is 536 g/mol. The van der Waals surface area contributed by atoms with Gasteiger partial charge in [0.15, 0.2) is 15.7 Å². The molecule has 40 heavy (non-hydrogen) atoms. The Morgan fingerprint density at radius 3 is 2.58 bits per heavy atom. The number of hydrogen-bond donors (Lipinski definition) is 0. The molecule has 2 bridgehead atoms. The number of benzene rings is 1. The molecule has 0 unspecified atom stereocenters. The van der Waals surface area contributed by atoms with Gasteiger partial charge in [-0.1, -0.05) is 19.9 Å².